The fraction of sp³-hybridized carbons (Fsp3) is 0.300. The van der Waals surface area contributed by atoms with E-state index in [2.05, 4.69) is 88.8 Å². The van der Waals surface area contributed by atoms with Gasteiger partial charge in [0.15, 0.2) is 0 Å². The molecule has 0 spiro atoms. The molecule has 0 N–H and O–H groups in total. The molecule has 0 aliphatic carbocycles. The first kappa shape index (κ1) is 17.4. The second-order valence-electron chi connectivity index (χ2n) is 7.00. The van der Waals surface area contributed by atoms with Crippen molar-refractivity contribution >= 4 is 31.7 Å². The molecule has 0 radical (unpaired) electrons. The van der Waals surface area contributed by atoms with E-state index >= 15 is 0 Å². The quantitative estimate of drug-likeness (QED) is 0.784. The molecular formula is C20H27NOSi. The maximum atomic E-state index is 6.32. The van der Waals surface area contributed by atoms with Crippen LogP contribution in [0.1, 0.15) is 26.3 Å². The third-order valence-corrected chi connectivity index (χ3v) is 5.39. The van der Waals surface area contributed by atoms with Crippen molar-refractivity contribution in [1.29, 1.82) is 0 Å². The largest absolute Gasteiger partial charge is 0.486 e. The molecule has 122 valence electrons. The Bertz CT molecular complexity index is 669. The first-order valence-corrected chi connectivity index (χ1v) is 9.41. The molecule has 0 unspecified atom stereocenters. The number of rotatable bonds is 5. The first-order valence-electron chi connectivity index (χ1n) is 8.00. The molecule has 2 rings (SSSR count). The second kappa shape index (κ2) is 7.05. The van der Waals surface area contributed by atoms with Crippen molar-refractivity contribution in [3.05, 3.63) is 54.6 Å². The van der Waals surface area contributed by atoms with E-state index in [1.54, 1.807) is 0 Å². The van der Waals surface area contributed by atoms with E-state index in [1.165, 1.54) is 10.4 Å². The molecule has 2 nitrogen and oxygen atoms in total. The van der Waals surface area contributed by atoms with Crippen LogP contribution in [0.3, 0.4) is 0 Å². The summed E-state index contributed by atoms with van der Waals surface area (Å²) in [7, 11) is 3.53. The van der Waals surface area contributed by atoms with Gasteiger partial charge in [0.1, 0.15) is 11.4 Å². The number of anilines is 1. The summed E-state index contributed by atoms with van der Waals surface area (Å²) in [6.45, 7) is 10.1. The van der Waals surface area contributed by atoms with Crippen LogP contribution in [0.2, 0.25) is 0 Å². The smallest absolute Gasteiger partial charge is 0.142 e. The van der Waals surface area contributed by atoms with Crippen LogP contribution in [0, 0.1) is 0 Å². The highest BCUT2D eigenvalue weighted by Crippen LogP contribution is 2.27. The van der Waals surface area contributed by atoms with Crippen molar-refractivity contribution in [3.8, 4) is 5.75 Å². The molecule has 2 aromatic carbocycles. The lowest BCUT2D eigenvalue weighted by molar-refractivity contribution is 0.133. The molecule has 0 saturated heterocycles. The summed E-state index contributed by atoms with van der Waals surface area (Å²) >= 11 is 0. The van der Waals surface area contributed by atoms with Gasteiger partial charge in [0.2, 0.25) is 0 Å². The van der Waals surface area contributed by atoms with E-state index in [4.69, 9.17) is 4.74 Å². The Balaban J connectivity index is 2.39. The number of nitrogens with zero attached hydrogens (tertiary/aromatic N) is 1. The first-order chi connectivity index (χ1) is 10.8. The molecule has 0 aliphatic heterocycles. The molecule has 0 aromatic heterocycles. The zero-order chi connectivity index (χ0) is 17.0. The minimum Gasteiger partial charge on any atom is -0.486 e. The van der Waals surface area contributed by atoms with Crippen LogP contribution in [-0.2, 0) is 0 Å². The van der Waals surface area contributed by atoms with Gasteiger partial charge in [-0.15, -0.1) is 0 Å². The van der Waals surface area contributed by atoms with Crippen LogP contribution >= 0.6 is 0 Å². The molecule has 0 fully saturated rings. The van der Waals surface area contributed by atoms with E-state index < -0.39 is 9.52 Å². The number of benzene rings is 2. The van der Waals surface area contributed by atoms with Crippen molar-refractivity contribution in [3.63, 3.8) is 0 Å². The summed E-state index contributed by atoms with van der Waals surface area (Å²) in [6, 6.07) is 15.2. The Morgan fingerprint density at radius 2 is 1.70 bits per heavy atom. The van der Waals surface area contributed by atoms with Gasteiger partial charge in [0.25, 0.3) is 0 Å². The summed E-state index contributed by atoms with van der Waals surface area (Å²) in [6.07, 6.45) is 1.88. The number of hydrogen-bond donors (Lipinski definition) is 0. The van der Waals surface area contributed by atoms with Crippen molar-refractivity contribution in [2.45, 2.75) is 26.4 Å². The molecule has 0 bridgehead atoms. The number of hydrogen-bond acceptors (Lipinski definition) is 2. The van der Waals surface area contributed by atoms with Crippen molar-refractivity contribution in [2.75, 3.05) is 19.0 Å². The Morgan fingerprint density at radius 1 is 1.04 bits per heavy atom. The normalized spacial score (nSPS) is 11.7. The Morgan fingerprint density at radius 3 is 2.22 bits per heavy atom. The topological polar surface area (TPSA) is 12.5 Å². The summed E-state index contributed by atoms with van der Waals surface area (Å²) in [5.41, 5.74) is 2.10. The molecule has 3 heteroatoms. The molecule has 2 aromatic rings. The lowest BCUT2D eigenvalue weighted by Crippen LogP contribution is -2.33. The van der Waals surface area contributed by atoms with Gasteiger partial charge in [-0.25, -0.2) is 0 Å². The van der Waals surface area contributed by atoms with Crippen molar-refractivity contribution in [2.24, 2.45) is 0 Å². The SMILES string of the molecule is C=Cc1ccc([SiH2]c2cccc(N(C)C)c2OC(C)(C)C)cc1. The van der Waals surface area contributed by atoms with Crippen molar-refractivity contribution < 1.29 is 4.74 Å². The summed E-state index contributed by atoms with van der Waals surface area (Å²) < 4.78 is 6.32. The highest BCUT2D eigenvalue weighted by Gasteiger charge is 2.19. The van der Waals surface area contributed by atoms with Gasteiger partial charge in [0.05, 0.1) is 15.2 Å². The standard InChI is InChI=1S/C20H27NOSi/c1-7-15-11-13-16(14-12-15)23-18-10-8-9-17(21(5)6)19(18)22-20(2,3)4/h7-14H,1,23H2,2-6H3. The van der Waals surface area contributed by atoms with Crippen LogP contribution in [-0.4, -0.2) is 29.2 Å². The highest BCUT2D eigenvalue weighted by atomic mass is 28.2. The van der Waals surface area contributed by atoms with Gasteiger partial charge in [-0.05, 0) is 37.6 Å². The molecule has 0 aliphatic rings. The molecular weight excluding hydrogens is 298 g/mol. The van der Waals surface area contributed by atoms with Crippen LogP contribution in [0.15, 0.2) is 49.0 Å². The molecule has 23 heavy (non-hydrogen) atoms. The minimum atomic E-state index is -0.595. The molecule has 0 saturated carbocycles. The van der Waals surface area contributed by atoms with Gasteiger partial charge >= 0.3 is 0 Å². The Labute approximate surface area is 142 Å². The summed E-state index contributed by atoms with van der Waals surface area (Å²) in [5, 5.41) is 2.75. The van der Waals surface area contributed by atoms with Gasteiger partial charge in [-0.1, -0.05) is 54.2 Å². The van der Waals surface area contributed by atoms with E-state index in [-0.39, 0.29) is 5.60 Å². The maximum Gasteiger partial charge on any atom is 0.142 e. The third-order valence-electron chi connectivity index (χ3n) is 3.58. The highest BCUT2D eigenvalue weighted by molar-refractivity contribution is 6.68. The Hall–Kier alpha value is -2.00. The maximum absolute atomic E-state index is 6.32. The average molecular weight is 326 g/mol. The van der Waals surface area contributed by atoms with Gasteiger partial charge in [0, 0.05) is 14.1 Å². The number of para-hydroxylation sites is 1. The predicted molar refractivity (Wildman–Crippen MR) is 105 cm³/mol. The zero-order valence-electron chi connectivity index (χ0n) is 14.9. The lowest BCUT2D eigenvalue weighted by atomic mass is 10.2. The lowest BCUT2D eigenvalue weighted by Gasteiger charge is -2.27. The third kappa shape index (κ3) is 4.73. The fourth-order valence-corrected chi connectivity index (χ4v) is 4.06. The van der Waals surface area contributed by atoms with Gasteiger partial charge in [-0.3, -0.25) is 0 Å². The van der Waals surface area contributed by atoms with Gasteiger partial charge in [-0.2, -0.15) is 0 Å². The Kier molecular flexibility index (Phi) is 5.32. The fourth-order valence-electron chi connectivity index (χ4n) is 2.48. The minimum absolute atomic E-state index is 0.206. The monoisotopic (exact) mass is 325 g/mol. The molecule has 0 amide bonds. The van der Waals surface area contributed by atoms with E-state index in [1.807, 2.05) is 6.08 Å². The van der Waals surface area contributed by atoms with Crippen LogP contribution in [0.5, 0.6) is 5.75 Å². The summed E-state index contributed by atoms with van der Waals surface area (Å²) in [4.78, 5) is 2.12. The average Bonchev–Trinajstić information content (AvgIpc) is 2.48. The summed E-state index contributed by atoms with van der Waals surface area (Å²) in [5.74, 6) is 1.03. The van der Waals surface area contributed by atoms with E-state index in [0.29, 0.717) is 0 Å². The van der Waals surface area contributed by atoms with Crippen LogP contribution in [0.25, 0.3) is 6.08 Å². The second-order valence-corrected chi connectivity index (χ2v) is 8.93. The van der Waals surface area contributed by atoms with Crippen LogP contribution < -0.4 is 20.0 Å². The van der Waals surface area contributed by atoms with Crippen molar-refractivity contribution in [1.82, 2.24) is 0 Å². The molecule has 0 heterocycles. The number of ether oxygens (including phenoxy) is 1. The van der Waals surface area contributed by atoms with E-state index in [0.717, 1.165) is 17.0 Å². The zero-order valence-corrected chi connectivity index (χ0v) is 16.3. The van der Waals surface area contributed by atoms with Gasteiger partial charge < -0.3 is 9.64 Å². The predicted octanol–water partition coefficient (Wildman–Crippen LogP) is 2.69. The molecule has 0 atom stereocenters. The van der Waals surface area contributed by atoms with E-state index in [9.17, 15) is 0 Å². The van der Waals surface area contributed by atoms with Crippen LogP contribution in [0.4, 0.5) is 5.69 Å².